The highest BCUT2D eigenvalue weighted by atomic mass is 16.6. The maximum absolute atomic E-state index is 12.3. The van der Waals surface area contributed by atoms with Crippen molar-refractivity contribution in [3.63, 3.8) is 0 Å². The zero-order valence-corrected chi connectivity index (χ0v) is 12.8. The summed E-state index contributed by atoms with van der Waals surface area (Å²) in [5.41, 5.74) is -0.839. The molecule has 0 radical (unpaired) electrons. The number of benzene rings is 1. The SMILES string of the molecule is COC(=O)C1=C(C(=O)OC)C2(c3ccc([N+](=O)[O-])cc3)C=CC1O2. The first kappa shape index (κ1) is 15.9. The number of hydrogen-bond acceptors (Lipinski definition) is 7. The first-order chi connectivity index (χ1) is 11.4. The minimum Gasteiger partial charge on any atom is -0.466 e. The molecule has 8 nitrogen and oxygen atoms in total. The quantitative estimate of drug-likeness (QED) is 0.355. The maximum atomic E-state index is 12.3. The summed E-state index contributed by atoms with van der Waals surface area (Å²) in [7, 11) is 2.40. The third-order valence-electron chi connectivity index (χ3n) is 4.05. The summed E-state index contributed by atoms with van der Waals surface area (Å²) in [5, 5.41) is 10.8. The number of non-ortho nitro benzene ring substituents is 1. The van der Waals surface area contributed by atoms with Gasteiger partial charge in [-0.1, -0.05) is 6.08 Å². The summed E-state index contributed by atoms with van der Waals surface area (Å²) in [6.07, 6.45) is 2.54. The van der Waals surface area contributed by atoms with Crippen molar-refractivity contribution in [2.75, 3.05) is 14.2 Å². The van der Waals surface area contributed by atoms with Gasteiger partial charge in [-0.15, -0.1) is 0 Å². The first-order valence-electron chi connectivity index (χ1n) is 6.98. The van der Waals surface area contributed by atoms with Gasteiger partial charge in [0.25, 0.3) is 5.69 Å². The van der Waals surface area contributed by atoms with Crippen molar-refractivity contribution in [3.8, 4) is 0 Å². The normalized spacial score (nSPS) is 24.2. The number of nitro groups is 1. The van der Waals surface area contributed by atoms with E-state index in [1.54, 1.807) is 12.2 Å². The van der Waals surface area contributed by atoms with Crippen LogP contribution in [0.25, 0.3) is 0 Å². The molecule has 0 aromatic heterocycles. The van der Waals surface area contributed by atoms with Gasteiger partial charge in [-0.25, -0.2) is 9.59 Å². The smallest absolute Gasteiger partial charge is 0.338 e. The average molecular weight is 331 g/mol. The van der Waals surface area contributed by atoms with Gasteiger partial charge in [0.15, 0.2) is 0 Å². The molecule has 1 aromatic rings. The van der Waals surface area contributed by atoms with Crippen LogP contribution < -0.4 is 0 Å². The Morgan fingerprint density at radius 3 is 2.33 bits per heavy atom. The monoisotopic (exact) mass is 331 g/mol. The molecule has 2 aliphatic rings. The average Bonchev–Trinajstić information content (AvgIpc) is 3.18. The van der Waals surface area contributed by atoms with Crippen LogP contribution in [-0.4, -0.2) is 37.2 Å². The number of hydrogen-bond donors (Lipinski definition) is 0. The molecule has 124 valence electrons. The Bertz CT molecular complexity index is 793. The topological polar surface area (TPSA) is 105 Å². The number of rotatable bonds is 4. The van der Waals surface area contributed by atoms with E-state index in [9.17, 15) is 19.7 Å². The summed E-state index contributed by atoms with van der Waals surface area (Å²) in [6.45, 7) is 0. The van der Waals surface area contributed by atoms with Gasteiger partial charge in [-0.05, 0) is 23.8 Å². The summed E-state index contributed by atoms with van der Waals surface area (Å²) in [4.78, 5) is 34.6. The zero-order chi connectivity index (χ0) is 17.5. The predicted molar refractivity (Wildman–Crippen MR) is 79.8 cm³/mol. The van der Waals surface area contributed by atoms with Crippen LogP contribution in [0.1, 0.15) is 5.56 Å². The molecule has 0 spiro atoms. The van der Waals surface area contributed by atoms with Crippen molar-refractivity contribution in [2.45, 2.75) is 11.7 Å². The second-order valence-corrected chi connectivity index (χ2v) is 5.21. The molecule has 1 aromatic carbocycles. The summed E-state index contributed by atoms with van der Waals surface area (Å²) in [6, 6.07) is 5.57. The molecule has 0 aliphatic carbocycles. The minimum atomic E-state index is -1.32. The van der Waals surface area contributed by atoms with Crippen molar-refractivity contribution in [2.24, 2.45) is 0 Å². The fourth-order valence-electron chi connectivity index (χ4n) is 2.97. The molecule has 0 saturated carbocycles. The largest absolute Gasteiger partial charge is 0.466 e. The molecule has 2 aliphatic heterocycles. The molecule has 0 amide bonds. The van der Waals surface area contributed by atoms with E-state index >= 15 is 0 Å². The highest BCUT2D eigenvalue weighted by Crippen LogP contribution is 2.50. The molecule has 8 heteroatoms. The predicted octanol–water partition coefficient (Wildman–Crippen LogP) is 1.40. The van der Waals surface area contributed by atoms with Gasteiger partial charge < -0.3 is 14.2 Å². The molecule has 2 atom stereocenters. The Hall–Kier alpha value is -3.00. The molecule has 0 N–H and O–H groups in total. The fraction of sp³-hybridized carbons (Fsp3) is 0.250. The molecule has 0 fully saturated rings. The van der Waals surface area contributed by atoms with E-state index in [0.717, 1.165) is 0 Å². The van der Waals surface area contributed by atoms with Gasteiger partial charge >= 0.3 is 11.9 Å². The van der Waals surface area contributed by atoms with E-state index in [-0.39, 0.29) is 16.8 Å². The van der Waals surface area contributed by atoms with Crippen LogP contribution in [-0.2, 0) is 29.4 Å². The summed E-state index contributed by atoms with van der Waals surface area (Å²) < 4.78 is 15.4. The van der Waals surface area contributed by atoms with Crippen molar-refractivity contribution in [3.05, 3.63) is 63.2 Å². The molecule has 2 heterocycles. The van der Waals surface area contributed by atoms with Crippen molar-refractivity contribution in [1.29, 1.82) is 0 Å². The van der Waals surface area contributed by atoms with Gasteiger partial charge in [-0.3, -0.25) is 10.1 Å². The first-order valence-corrected chi connectivity index (χ1v) is 6.98. The fourth-order valence-corrected chi connectivity index (χ4v) is 2.97. The minimum absolute atomic E-state index is 0.0261. The number of carbonyl (C=O) groups is 2. The highest BCUT2D eigenvalue weighted by Gasteiger charge is 2.55. The Kier molecular flexibility index (Phi) is 3.69. The van der Waals surface area contributed by atoms with Gasteiger partial charge in [-0.2, -0.15) is 0 Å². The van der Waals surface area contributed by atoms with Crippen LogP contribution >= 0.6 is 0 Å². The standard InChI is InChI=1S/C16H13NO7/c1-22-14(18)12-11-7-8-16(24-11,13(12)15(19)23-2)9-3-5-10(6-4-9)17(20)21/h3-8,11H,1-2H3. The maximum Gasteiger partial charge on any atom is 0.338 e. The van der Waals surface area contributed by atoms with E-state index in [1.807, 2.05) is 0 Å². The molecule has 2 bridgehead atoms. The van der Waals surface area contributed by atoms with Gasteiger partial charge in [0.1, 0.15) is 11.7 Å². The van der Waals surface area contributed by atoms with E-state index in [2.05, 4.69) is 0 Å². The lowest BCUT2D eigenvalue weighted by Gasteiger charge is -2.25. The second kappa shape index (κ2) is 5.57. The lowest BCUT2D eigenvalue weighted by Crippen LogP contribution is -2.30. The Balaban J connectivity index is 2.15. The van der Waals surface area contributed by atoms with Crippen molar-refractivity contribution < 1.29 is 28.7 Å². The zero-order valence-electron chi connectivity index (χ0n) is 12.8. The van der Waals surface area contributed by atoms with Crippen molar-refractivity contribution in [1.82, 2.24) is 0 Å². The number of nitrogens with zero attached hydrogens (tertiary/aromatic N) is 1. The van der Waals surface area contributed by atoms with Crippen LogP contribution in [0.4, 0.5) is 5.69 Å². The van der Waals surface area contributed by atoms with Crippen LogP contribution in [0.2, 0.25) is 0 Å². The van der Waals surface area contributed by atoms with Crippen LogP contribution in [0.15, 0.2) is 47.6 Å². The van der Waals surface area contributed by atoms with E-state index in [1.165, 1.54) is 38.5 Å². The molecular weight excluding hydrogens is 318 g/mol. The lowest BCUT2D eigenvalue weighted by molar-refractivity contribution is -0.384. The Labute approximate surface area is 136 Å². The molecule has 0 saturated heterocycles. The van der Waals surface area contributed by atoms with Gasteiger partial charge in [0, 0.05) is 12.1 Å². The van der Waals surface area contributed by atoms with Crippen LogP contribution in [0.5, 0.6) is 0 Å². The molecule has 3 rings (SSSR count). The number of fused-ring (bicyclic) bond motifs is 2. The molecule has 24 heavy (non-hydrogen) atoms. The lowest BCUT2D eigenvalue weighted by atomic mass is 9.81. The van der Waals surface area contributed by atoms with Crippen LogP contribution in [0.3, 0.4) is 0 Å². The second-order valence-electron chi connectivity index (χ2n) is 5.21. The van der Waals surface area contributed by atoms with Gasteiger partial charge in [0.2, 0.25) is 0 Å². The summed E-state index contributed by atoms with van der Waals surface area (Å²) in [5.74, 6) is -1.41. The Morgan fingerprint density at radius 2 is 1.79 bits per heavy atom. The van der Waals surface area contributed by atoms with Gasteiger partial charge in [0.05, 0.1) is 30.3 Å². The van der Waals surface area contributed by atoms with E-state index in [4.69, 9.17) is 14.2 Å². The van der Waals surface area contributed by atoms with E-state index in [0.29, 0.717) is 5.56 Å². The third-order valence-corrected chi connectivity index (χ3v) is 4.05. The van der Waals surface area contributed by atoms with Crippen molar-refractivity contribution >= 4 is 17.6 Å². The Morgan fingerprint density at radius 1 is 1.17 bits per heavy atom. The third kappa shape index (κ3) is 2.11. The number of ether oxygens (including phenoxy) is 3. The molecular formula is C16H13NO7. The molecule has 2 unspecified atom stereocenters. The van der Waals surface area contributed by atoms with E-state index < -0.39 is 28.6 Å². The summed E-state index contributed by atoms with van der Waals surface area (Å²) >= 11 is 0. The number of esters is 2. The number of nitro benzene ring substituents is 1. The van der Waals surface area contributed by atoms with Crippen LogP contribution in [0, 0.1) is 10.1 Å². The highest BCUT2D eigenvalue weighted by molar-refractivity contribution is 6.05. The number of carbonyl (C=O) groups excluding carboxylic acids is 2. The number of methoxy groups -OCH3 is 2.